The van der Waals surface area contributed by atoms with E-state index in [1.54, 1.807) is 30.3 Å². The maximum Gasteiger partial charge on any atom is 0.435 e. The molecular weight excluding hydrogens is 220 g/mol. The van der Waals surface area contributed by atoms with Gasteiger partial charge in [-0.2, -0.15) is 8.42 Å². The van der Waals surface area contributed by atoms with Crippen molar-refractivity contribution in [1.29, 1.82) is 0 Å². The van der Waals surface area contributed by atoms with Crippen molar-refractivity contribution in [3.8, 4) is 5.75 Å². The Morgan fingerprint density at radius 3 is 2.53 bits per heavy atom. The summed E-state index contributed by atoms with van der Waals surface area (Å²) in [6, 6.07) is 8.20. The van der Waals surface area contributed by atoms with Crippen LogP contribution >= 0.6 is 0 Å². The Kier molecular flexibility index (Phi) is 4.29. The summed E-state index contributed by atoms with van der Waals surface area (Å²) >= 11 is 0. The van der Waals surface area contributed by atoms with Crippen LogP contribution in [0.1, 0.15) is 0 Å². The number of rotatable bonds is 6. The Bertz CT molecular complexity index is 398. The summed E-state index contributed by atoms with van der Waals surface area (Å²) in [4.78, 5) is 4.52. The largest absolute Gasteiger partial charge is 0.435 e. The third kappa shape index (κ3) is 4.59. The third-order valence-electron chi connectivity index (χ3n) is 1.29. The molecule has 82 valence electrons. The summed E-state index contributed by atoms with van der Waals surface area (Å²) < 4.78 is 30.3. The van der Waals surface area contributed by atoms with Crippen LogP contribution in [0.25, 0.3) is 0 Å². The van der Waals surface area contributed by atoms with Gasteiger partial charge in [-0.25, -0.2) is 4.18 Å². The van der Waals surface area contributed by atoms with E-state index in [2.05, 4.69) is 20.0 Å². The van der Waals surface area contributed by atoms with Crippen molar-refractivity contribution in [2.24, 2.45) is 0 Å². The van der Waals surface area contributed by atoms with Crippen molar-refractivity contribution >= 4 is 10.4 Å². The number of hydrogen-bond donors (Lipinski definition) is 0. The molecule has 0 N–H and O–H groups in total. The molecule has 0 atom stereocenters. The van der Waals surface area contributed by atoms with Gasteiger partial charge >= 0.3 is 10.4 Å². The van der Waals surface area contributed by atoms with E-state index in [-0.39, 0.29) is 12.4 Å². The van der Waals surface area contributed by atoms with E-state index < -0.39 is 10.4 Å². The highest BCUT2D eigenvalue weighted by molar-refractivity contribution is 7.81. The molecule has 1 aromatic carbocycles. The molecule has 0 aliphatic heterocycles. The van der Waals surface area contributed by atoms with Gasteiger partial charge in [-0.3, -0.25) is 0 Å². The molecule has 1 rings (SSSR count). The van der Waals surface area contributed by atoms with E-state index in [0.717, 1.165) is 0 Å². The van der Waals surface area contributed by atoms with Gasteiger partial charge in [-0.15, -0.1) is 6.58 Å². The predicted octanol–water partition coefficient (Wildman–Crippen LogP) is 1.44. The van der Waals surface area contributed by atoms with Crippen LogP contribution in [0.4, 0.5) is 0 Å². The normalized spacial score (nSPS) is 10.9. The fourth-order valence-corrected chi connectivity index (χ4v) is 1.17. The lowest BCUT2D eigenvalue weighted by atomic mass is 10.3. The van der Waals surface area contributed by atoms with Gasteiger partial charge < -0.3 is 4.89 Å². The van der Waals surface area contributed by atoms with E-state index in [0.29, 0.717) is 0 Å². The summed E-state index contributed by atoms with van der Waals surface area (Å²) in [5.74, 6) is 0.267. The monoisotopic (exact) mass is 230 g/mol. The Hall–Kier alpha value is -1.37. The Labute approximate surface area is 88.1 Å². The predicted molar refractivity (Wildman–Crippen MR) is 53.2 cm³/mol. The third-order valence-corrected chi connectivity index (χ3v) is 1.95. The number of benzene rings is 1. The first-order valence-corrected chi connectivity index (χ1v) is 5.39. The van der Waals surface area contributed by atoms with Gasteiger partial charge in [-0.05, 0) is 16.5 Å². The topological polar surface area (TPSA) is 61.8 Å². The van der Waals surface area contributed by atoms with Gasteiger partial charge in [0.15, 0.2) is 5.75 Å². The maximum absolute atomic E-state index is 10.9. The molecule has 0 heterocycles. The molecule has 0 unspecified atom stereocenters. The molecular formula is C9H10O5S. The fourth-order valence-electron chi connectivity index (χ4n) is 0.708. The molecule has 0 aliphatic carbocycles. The van der Waals surface area contributed by atoms with Crippen LogP contribution in [-0.4, -0.2) is 15.0 Å². The van der Waals surface area contributed by atoms with Gasteiger partial charge in [0.25, 0.3) is 0 Å². The maximum atomic E-state index is 10.9. The van der Waals surface area contributed by atoms with Crippen LogP contribution in [0, 0.1) is 0 Å². The lowest BCUT2D eigenvalue weighted by Gasteiger charge is -2.03. The molecule has 1 aromatic rings. The van der Waals surface area contributed by atoms with Gasteiger partial charge in [0.05, 0.1) is 6.61 Å². The van der Waals surface area contributed by atoms with Crippen LogP contribution in [0.5, 0.6) is 5.75 Å². The zero-order chi connectivity index (χ0) is 11.1. The second-order valence-corrected chi connectivity index (χ2v) is 3.63. The highest BCUT2D eigenvalue weighted by Crippen LogP contribution is 2.10. The zero-order valence-electron chi connectivity index (χ0n) is 7.83. The summed E-state index contributed by atoms with van der Waals surface area (Å²) in [7, 11) is -4.14. The smallest absolute Gasteiger partial charge is 0.319 e. The van der Waals surface area contributed by atoms with E-state index in [1.807, 2.05) is 0 Å². The van der Waals surface area contributed by atoms with Crippen molar-refractivity contribution in [2.45, 2.75) is 0 Å². The van der Waals surface area contributed by atoms with Crippen LogP contribution in [-0.2, 0) is 18.9 Å². The number of hydrogen-bond acceptors (Lipinski definition) is 5. The zero-order valence-corrected chi connectivity index (χ0v) is 8.64. The van der Waals surface area contributed by atoms with Crippen LogP contribution in [0.2, 0.25) is 0 Å². The van der Waals surface area contributed by atoms with Crippen molar-refractivity contribution in [1.82, 2.24) is 0 Å². The van der Waals surface area contributed by atoms with Crippen molar-refractivity contribution in [3.63, 3.8) is 0 Å². The minimum absolute atomic E-state index is 0.166. The lowest BCUT2D eigenvalue weighted by Crippen LogP contribution is -2.12. The lowest BCUT2D eigenvalue weighted by molar-refractivity contribution is -0.105. The van der Waals surface area contributed by atoms with E-state index >= 15 is 0 Å². The average molecular weight is 230 g/mol. The molecule has 0 saturated carbocycles. The van der Waals surface area contributed by atoms with Gasteiger partial charge in [0.2, 0.25) is 0 Å². The molecule has 0 saturated heterocycles. The van der Waals surface area contributed by atoms with Crippen LogP contribution < -0.4 is 4.89 Å². The van der Waals surface area contributed by atoms with Crippen LogP contribution in [0.3, 0.4) is 0 Å². The van der Waals surface area contributed by atoms with Crippen LogP contribution in [0.15, 0.2) is 43.0 Å². The van der Waals surface area contributed by atoms with Crippen molar-refractivity contribution in [3.05, 3.63) is 43.0 Å². The molecule has 0 fully saturated rings. The Morgan fingerprint density at radius 1 is 1.27 bits per heavy atom. The molecule has 0 aromatic heterocycles. The minimum Gasteiger partial charge on any atom is -0.319 e. The molecule has 0 bridgehead atoms. The molecule has 5 nitrogen and oxygen atoms in total. The van der Waals surface area contributed by atoms with E-state index in [4.69, 9.17) is 0 Å². The van der Waals surface area contributed by atoms with Gasteiger partial charge in [0.1, 0.15) is 0 Å². The highest BCUT2D eigenvalue weighted by Gasteiger charge is 2.12. The molecule has 15 heavy (non-hydrogen) atoms. The molecule has 0 radical (unpaired) electrons. The van der Waals surface area contributed by atoms with E-state index in [1.165, 1.54) is 6.08 Å². The SMILES string of the molecule is C=CCOS(=O)(=O)OOc1ccccc1. The fraction of sp³-hybridized carbons (Fsp3) is 0.111. The first-order chi connectivity index (χ1) is 7.14. The van der Waals surface area contributed by atoms with E-state index in [9.17, 15) is 8.42 Å². The van der Waals surface area contributed by atoms with Gasteiger partial charge in [0, 0.05) is 0 Å². The first-order valence-electron chi connectivity index (χ1n) is 4.05. The Balaban J connectivity index is 2.46. The second-order valence-electron chi connectivity index (χ2n) is 2.45. The minimum atomic E-state index is -4.14. The summed E-state index contributed by atoms with van der Waals surface area (Å²) in [5, 5.41) is 0. The van der Waals surface area contributed by atoms with Gasteiger partial charge in [-0.1, -0.05) is 24.3 Å². The summed E-state index contributed by atoms with van der Waals surface area (Å²) in [5.41, 5.74) is 0. The molecule has 0 amide bonds. The quantitative estimate of drug-likeness (QED) is 0.420. The standard InChI is InChI=1S/C9H10O5S/c1-2-8-12-15(10,11)14-13-9-6-4-3-5-7-9/h2-7H,1,8H2. The molecule has 6 heteroatoms. The first kappa shape index (κ1) is 11.7. The highest BCUT2D eigenvalue weighted by atomic mass is 32.3. The van der Waals surface area contributed by atoms with Crippen molar-refractivity contribution in [2.75, 3.05) is 6.61 Å². The second kappa shape index (κ2) is 5.50. The Morgan fingerprint density at radius 2 is 1.93 bits per heavy atom. The summed E-state index contributed by atoms with van der Waals surface area (Å²) in [6.07, 6.45) is 1.28. The molecule has 0 spiro atoms. The average Bonchev–Trinajstić information content (AvgIpc) is 2.25. The summed E-state index contributed by atoms with van der Waals surface area (Å²) in [6.45, 7) is 3.13. The van der Waals surface area contributed by atoms with Crippen molar-refractivity contribution < 1.29 is 21.8 Å². The molecule has 0 aliphatic rings. The number of para-hydroxylation sites is 1.